The Morgan fingerprint density at radius 3 is 2.95 bits per heavy atom. The lowest BCUT2D eigenvalue weighted by Crippen LogP contribution is -2.10. The molecule has 1 heterocycles. The maximum atomic E-state index is 12.9. The van der Waals surface area contributed by atoms with Gasteiger partial charge in [0, 0.05) is 6.20 Å². The van der Waals surface area contributed by atoms with Gasteiger partial charge >= 0.3 is 5.97 Å². The van der Waals surface area contributed by atoms with Crippen molar-refractivity contribution in [3.05, 3.63) is 52.8 Å². The second-order valence-electron chi connectivity index (χ2n) is 3.67. The Kier molecular flexibility index (Phi) is 3.91. The maximum absolute atomic E-state index is 12.9. The number of nitrogens with zero attached hydrogens (tertiary/aromatic N) is 2. The number of carboxylic acids is 1. The molecule has 0 bridgehead atoms. The first-order valence-corrected chi connectivity index (χ1v) is 5.67. The highest BCUT2D eigenvalue weighted by molar-refractivity contribution is 6.33. The highest BCUT2D eigenvalue weighted by Crippen LogP contribution is 2.23. The van der Waals surface area contributed by atoms with E-state index in [0.29, 0.717) is 11.4 Å². The van der Waals surface area contributed by atoms with Crippen LogP contribution >= 0.6 is 11.6 Å². The van der Waals surface area contributed by atoms with Gasteiger partial charge in [0.25, 0.3) is 0 Å². The standard InChI is InChI=1S/C12H9ClFN3O2/c13-9-3-7(14)1-2-10(9)16-5-11-8(12(18)19)4-15-6-17-11/h1-4,6,16H,5H2,(H,18,19). The normalized spacial score (nSPS) is 10.2. The molecule has 5 nitrogen and oxygen atoms in total. The first-order valence-electron chi connectivity index (χ1n) is 5.29. The highest BCUT2D eigenvalue weighted by Gasteiger charge is 2.11. The Hall–Kier alpha value is -2.21. The summed E-state index contributed by atoms with van der Waals surface area (Å²) in [4.78, 5) is 18.5. The molecule has 0 aliphatic rings. The Morgan fingerprint density at radius 2 is 2.26 bits per heavy atom. The summed E-state index contributed by atoms with van der Waals surface area (Å²) in [6.07, 6.45) is 2.48. The molecule has 0 aliphatic carbocycles. The summed E-state index contributed by atoms with van der Waals surface area (Å²) in [5, 5.41) is 12.1. The number of rotatable bonds is 4. The van der Waals surface area contributed by atoms with Gasteiger partial charge in [-0.1, -0.05) is 11.6 Å². The molecule has 2 N–H and O–H groups in total. The number of aromatic nitrogens is 2. The average molecular weight is 282 g/mol. The van der Waals surface area contributed by atoms with E-state index < -0.39 is 11.8 Å². The molecule has 2 aromatic rings. The molecule has 0 spiro atoms. The van der Waals surface area contributed by atoms with E-state index in [4.69, 9.17) is 16.7 Å². The fraction of sp³-hybridized carbons (Fsp3) is 0.0833. The minimum Gasteiger partial charge on any atom is -0.478 e. The quantitative estimate of drug-likeness (QED) is 0.901. The zero-order valence-electron chi connectivity index (χ0n) is 9.60. The fourth-order valence-corrected chi connectivity index (χ4v) is 1.72. The van der Waals surface area contributed by atoms with Crippen LogP contribution in [0.2, 0.25) is 5.02 Å². The lowest BCUT2D eigenvalue weighted by molar-refractivity contribution is 0.0694. The van der Waals surface area contributed by atoms with Crippen molar-refractivity contribution in [2.45, 2.75) is 6.54 Å². The molecule has 0 atom stereocenters. The summed E-state index contributed by atoms with van der Waals surface area (Å²) in [5.41, 5.74) is 0.828. The first kappa shape index (κ1) is 13.2. The van der Waals surface area contributed by atoms with Crippen molar-refractivity contribution in [1.82, 2.24) is 9.97 Å². The van der Waals surface area contributed by atoms with E-state index in [1.165, 1.54) is 30.7 Å². The highest BCUT2D eigenvalue weighted by atomic mass is 35.5. The molecule has 0 amide bonds. The first-order chi connectivity index (χ1) is 9.08. The third-order valence-electron chi connectivity index (χ3n) is 2.40. The Morgan fingerprint density at radius 1 is 1.47 bits per heavy atom. The van der Waals surface area contributed by atoms with Crippen molar-refractivity contribution >= 4 is 23.3 Å². The molecule has 2 rings (SSSR count). The van der Waals surface area contributed by atoms with Crippen molar-refractivity contribution < 1.29 is 14.3 Å². The number of carbonyl (C=O) groups is 1. The third kappa shape index (κ3) is 3.17. The van der Waals surface area contributed by atoms with Crippen LogP contribution in [-0.4, -0.2) is 21.0 Å². The molecule has 19 heavy (non-hydrogen) atoms. The predicted octanol–water partition coefficient (Wildman–Crippen LogP) is 2.58. The molecule has 98 valence electrons. The van der Waals surface area contributed by atoms with Crippen molar-refractivity contribution in [1.29, 1.82) is 0 Å². The van der Waals surface area contributed by atoms with Crippen LogP contribution in [0.15, 0.2) is 30.7 Å². The SMILES string of the molecule is O=C(O)c1cncnc1CNc1ccc(F)cc1Cl. The van der Waals surface area contributed by atoms with Crippen molar-refractivity contribution in [2.24, 2.45) is 0 Å². The Labute approximate surface area is 113 Å². The van der Waals surface area contributed by atoms with Crippen LogP contribution in [0, 0.1) is 5.82 Å². The lowest BCUT2D eigenvalue weighted by atomic mass is 10.2. The number of benzene rings is 1. The van der Waals surface area contributed by atoms with Gasteiger partial charge in [-0.25, -0.2) is 19.2 Å². The molecule has 7 heteroatoms. The Bertz CT molecular complexity index is 622. The van der Waals surface area contributed by atoms with Gasteiger partial charge in [-0.3, -0.25) is 0 Å². The molecule has 1 aromatic carbocycles. The van der Waals surface area contributed by atoms with Crippen molar-refractivity contribution in [3.63, 3.8) is 0 Å². The van der Waals surface area contributed by atoms with E-state index in [1.54, 1.807) is 0 Å². The number of anilines is 1. The summed E-state index contributed by atoms with van der Waals surface area (Å²) in [6, 6.07) is 3.90. The van der Waals surface area contributed by atoms with E-state index in [1.807, 2.05) is 0 Å². The summed E-state index contributed by atoms with van der Waals surface area (Å²) < 4.78 is 12.9. The van der Waals surface area contributed by atoms with Crippen LogP contribution < -0.4 is 5.32 Å². The van der Waals surface area contributed by atoms with Crippen LogP contribution in [0.4, 0.5) is 10.1 Å². The smallest absolute Gasteiger partial charge is 0.339 e. The van der Waals surface area contributed by atoms with Crippen LogP contribution in [0.3, 0.4) is 0 Å². The third-order valence-corrected chi connectivity index (χ3v) is 2.72. The van der Waals surface area contributed by atoms with E-state index in [0.717, 1.165) is 0 Å². The van der Waals surface area contributed by atoms with Crippen LogP contribution in [-0.2, 0) is 6.54 Å². The van der Waals surface area contributed by atoms with Crippen molar-refractivity contribution in [3.8, 4) is 0 Å². The number of halogens is 2. The van der Waals surface area contributed by atoms with Gasteiger partial charge in [-0.2, -0.15) is 0 Å². The number of hydrogen-bond donors (Lipinski definition) is 2. The van der Waals surface area contributed by atoms with Crippen LogP contribution in [0.25, 0.3) is 0 Å². The zero-order valence-corrected chi connectivity index (χ0v) is 10.4. The van der Waals surface area contributed by atoms with Gasteiger partial charge in [-0.05, 0) is 18.2 Å². The van der Waals surface area contributed by atoms with E-state index in [-0.39, 0.29) is 17.1 Å². The molecule has 0 aliphatic heterocycles. The molecule has 0 radical (unpaired) electrons. The minimum atomic E-state index is -1.11. The number of aromatic carboxylic acids is 1. The summed E-state index contributed by atoms with van der Waals surface area (Å²) in [6.45, 7) is 0.148. The largest absolute Gasteiger partial charge is 0.478 e. The minimum absolute atomic E-state index is 0.00762. The van der Waals surface area contributed by atoms with E-state index in [2.05, 4.69) is 15.3 Å². The molecule has 0 fully saturated rings. The summed E-state index contributed by atoms with van der Waals surface area (Å²) >= 11 is 5.85. The summed E-state index contributed by atoms with van der Waals surface area (Å²) in [5.74, 6) is -1.55. The zero-order chi connectivity index (χ0) is 13.8. The predicted molar refractivity (Wildman–Crippen MR) is 67.7 cm³/mol. The van der Waals surface area contributed by atoms with Gasteiger partial charge in [0.05, 0.1) is 22.9 Å². The van der Waals surface area contributed by atoms with Crippen LogP contribution in [0.1, 0.15) is 16.1 Å². The molecule has 1 aromatic heterocycles. The molecule has 0 unspecified atom stereocenters. The topological polar surface area (TPSA) is 75.1 Å². The second-order valence-corrected chi connectivity index (χ2v) is 4.07. The monoisotopic (exact) mass is 281 g/mol. The van der Waals surface area contributed by atoms with Gasteiger partial charge in [0.15, 0.2) is 0 Å². The number of nitrogens with one attached hydrogen (secondary N) is 1. The lowest BCUT2D eigenvalue weighted by Gasteiger charge is -2.09. The Balaban J connectivity index is 2.17. The van der Waals surface area contributed by atoms with Crippen LogP contribution in [0.5, 0.6) is 0 Å². The average Bonchev–Trinajstić information content (AvgIpc) is 2.38. The number of hydrogen-bond acceptors (Lipinski definition) is 4. The van der Waals surface area contributed by atoms with E-state index in [9.17, 15) is 9.18 Å². The van der Waals surface area contributed by atoms with Gasteiger partial charge in [-0.15, -0.1) is 0 Å². The molecule has 0 saturated heterocycles. The maximum Gasteiger partial charge on any atom is 0.339 e. The second kappa shape index (κ2) is 5.62. The summed E-state index contributed by atoms with van der Waals surface area (Å²) in [7, 11) is 0. The van der Waals surface area contributed by atoms with Gasteiger partial charge in [0.1, 0.15) is 17.7 Å². The molecule has 0 saturated carbocycles. The fourth-order valence-electron chi connectivity index (χ4n) is 1.49. The van der Waals surface area contributed by atoms with Crippen molar-refractivity contribution in [2.75, 3.05) is 5.32 Å². The molecular formula is C12H9ClFN3O2. The van der Waals surface area contributed by atoms with Gasteiger partial charge in [0.2, 0.25) is 0 Å². The van der Waals surface area contributed by atoms with Gasteiger partial charge < -0.3 is 10.4 Å². The van der Waals surface area contributed by atoms with E-state index >= 15 is 0 Å². The number of carboxylic acid groups (broad SMARTS) is 1. The molecular weight excluding hydrogens is 273 g/mol.